The number of benzene rings is 1. The molecule has 0 saturated carbocycles. The van der Waals surface area contributed by atoms with E-state index >= 15 is 0 Å². The van der Waals surface area contributed by atoms with Gasteiger partial charge in [-0.3, -0.25) is 9.78 Å². The molecule has 2 heterocycles. The van der Waals surface area contributed by atoms with Crippen LogP contribution in [0, 0.1) is 6.92 Å². The molecule has 0 radical (unpaired) electrons. The molecule has 3 rings (SSSR count). The Bertz CT molecular complexity index is 861. The molecule has 30 heavy (non-hydrogen) atoms. The molecule has 0 aliphatic carbocycles. The molecule has 7 nitrogen and oxygen atoms in total. The van der Waals surface area contributed by atoms with Gasteiger partial charge in [-0.25, -0.2) is 4.79 Å². The third kappa shape index (κ3) is 5.79. The maximum Gasteiger partial charge on any atom is 0.321 e. The minimum absolute atomic E-state index is 0.0800. The quantitative estimate of drug-likeness (QED) is 0.769. The van der Waals surface area contributed by atoms with Crippen molar-refractivity contribution >= 4 is 17.6 Å². The molecule has 1 aliphatic heterocycles. The van der Waals surface area contributed by atoms with E-state index in [0.717, 1.165) is 36.5 Å². The highest BCUT2D eigenvalue weighted by molar-refractivity contribution is 5.95. The van der Waals surface area contributed by atoms with E-state index < -0.39 is 0 Å². The number of carbonyl (C=O) groups excluding carboxylic acids is 2. The van der Waals surface area contributed by atoms with Gasteiger partial charge in [0, 0.05) is 43.5 Å². The Morgan fingerprint density at radius 1 is 1.10 bits per heavy atom. The van der Waals surface area contributed by atoms with Crippen molar-refractivity contribution in [3.8, 4) is 0 Å². The van der Waals surface area contributed by atoms with Crippen molar-refractivity contribution in [1.29, 1.82) is 0 Å². The van der Waals surface area contributed by atoms with E-state index in [4.69, 9.17) is 4.98 Å². The smallest absolute Gasteiger partial charge is 0.321 e. The first-order chi connectivity index (χ1) is 14.4. The largest absolute Gasteiger partial charge is 0.351 e. The zero-order chi connectivity index (χ0) is 21.5. The van der Waals surface area contributed by atoms with Gasteiger partial charge in [0.05, 0.1) is 11.3 Å². The number of aryl methyl sites for hydroxylation is 1. The fraction of sp³-hybridized carbons (Fsp3) is 0.435. The summed E-state index contributed by atoms with van der Waals surface area (Å²) in [7, 11) is 3.96. The summed E-state index contributed by atoms with van der Waals surface area (Å²) in [5, 5.41) is 5.93. The second-order valence-electron chi connectivity index (χ2n) is 8.00. The summed E-state index contributed by atoms with van der Waals surface area (Å²) >= 11 is 0. The van der Waals surface area contributed by atoms with Gasteiger partial charge in [-0.1, -0.05) is 18.2 Å². The van der Waals surface area contributed by atoms with Crippen LogP contribution in [-0.2, 0) is 0 Å². The Kier molecular flexibility index (Phi) is 7.41. The van der Waals surface area contributed by atoms with Gasteiger partial charge in [0.1, 0.15) is 0 Å². The van der Waals surface area contributed by atoms with Crippen molar-refractivity contribution < 1.29 is 9.59 Å². The van der Waals surface area contributed by atoms with E-state index in [9.17, 15) is 9.59 Å². The number of piperidine rings is 1. The molecule has 0 unspecified atom stereocenters. The zero-order valence-corrected chi connectivity index (χ0v) is 18.0. The van der Waals surface area contributed by atoms with E-state index in [1.165, 1.54) is 0 Å². The molecule has 2 aromatic rings. The minimum Gasteiger partial charge on any atom is -0.351 e. The summed E-state index contributed by atoms with van der Waals surface area (Å²) in [4.78, 5) is 33.8. The first-order valence-corrected chi connectivity index (χ1v) is 10.5. The number of carbonyl (C=O) groups is 2. The van der Waals surface area contributed by atoms with Crippen LogP contribution in [0.25, 0.3) is 0 Å². The first kappa shape index (κ1) is 21.8. The van der Waals surface area contributed by atoms with Crippen LogP contribution >= 0.6 is 0 Å². The summed E-state index contributed by atoms with van der Waals surface area (Å²) in [5.74, 6) is 0.0869. The van der Waals surface area contributed by atoms with Gasteiger partial charge in [0.25, 0.3) is 5.91 Å². The predicted octanol–water partition coefficient (Wildman–Crippen LogP) is 3.09. The maximum absolute atomic E-state index is 12.7. The number of pyridine rings is 1. The van der Waals surface area contributed by atoms with Crippen LogP contribution in [0.3, 0.4) is 0 Å². The fourth-order valence-electron chi connectivity index (χ4n) is 3.65. The third-order valence-electron chi connectivity index (χ3n) is 5.35. The lowest BCUT2D eigenvalue weighted by molar-refractivity contribution is 0.0948. The molecule has 0 atom stereocenters. The van der Waals surface area contributed by atoms with E-state index in [0.29, 0.717) is 25.2 Å². The van der Waals surface area contributed by atoms with Gasteiger partial charge in [-0.2, -0.15) is 0 Å². The number of anilines is 1. The molecular weight excluding hydrogens is 378 g/mol. The molecule has 2 N–H and O–H groups in total. The van der Waals surface area contributed by atoms with Crippen molar-refractivity contribution in [1.82, 2.24) is 20.1 Å². The lowest BCUT2D eigenvalue weighted by Crippen LogP contribution is -2.41. The van der Waals surface area contributed by atoms with E-state index in [1.807, 2.05) is 73.3 Å². The number of amides is 3. The SMILES string of the molecule is Cc1ccc(C(=O)NCCN(C)C)c(C2CCN(C(=O)Nc3ccccc3)CC2)n1. The van der Waals surface area contributed by atoms with Crippen molar-refractivity contribution in [3.63, 3.8) is 0 Å². The molecular formula is C23H31N5O2. The summed E-state index contributed by atoms with van der Waals surface area (Å²) in [6.45, 7) is 4.60. The Morgan fingerprint density at radius 3 is 2.47 bits per heavy atom. The summed E-state index contributed by atoms with van der Waals surface area (Å²) in [6, 6.07) is 13.1. The average Bonchev–Trinajstić information content (AvgIpc) is 2.74. The Morgan fingerprint density at radius 2 is 1.80 bits per heavy atom. The van der Waals surface area contributed by atoms with Gasteiger partial charge >= 0.3 is 6.03 Å². The number of hydrogen-bond acceptors (Lipinski definition) is 4. The van der Waals surface area contributed by atoms with Gasteiger partial charge < -0.3 is 20.4 Å². The van der Waals surface area contributed by atoms with Gasteiger partial charge in [-0.15, -0.1) is 0 Å². The van der Waals surface area contributed by atoms with Gasteiger partial charge in [0.2, 0.25) is 0 Å². The molecule has 7 heteroatoms. The molecule has 3 amide bonds. The van der Waals surface area contributed by atoms with Crippen molar-refractivity contribution in [2.75, 3.05) is 45.6 Å². The topological polar surface area (TPSA) is 77.6 Å². The van der Waals surface area contributed by atoms with Crippen LogP contribution in [0.2, 0.25) is 0 Å². The molecule has 1 fully saturated rings. The van der Waals surface area contributed by atoms with Crippen LogP contribution in [0.15, 0.2) is 42.5 Å². The average molecular weight is 410 g/mol. The monoisotopic (exact) mass is 409 g/mol. The molecule has 1 aliphatic rings. The van der Waals surface area contributed by atoms with E-state index in [2.05, 4.69) is 10.6 Å². The maximum atomic E-state index is 12.7. The zero-order valence-electron chi connectivity index (χ0n) is 18.0. The van der Waals surface area contributed by atoms with Crippen LogP contribution in [0.5, 0.6) is 0 Å². The fourth-order valence-corrected chi connectivity index (χ4v) is 3.65. The molecule has 1 aromatic carbocycles. The van der Waals surface area contributed by atoms with Crippen LogP contribution in [0.4, 0.5) is 10.5 Å². The second-order valence-corrected chi connectivity index (χ2v) is 8.00. The highest BCUT2D eigenvalue weighted by Crippen LogP contribution is 2.29. The number of aromatic nitrogens is 1. The van der Waals surface area contributed by atoms with E-state index in [-0.39, 0.29) is 17.9 Å². The minimum atomic E-state index is -0.0847. The molecule has 0 spiro atoms. The van der Waals surface area contributed by atoms with Crippen LogP contribution in [0.1, 0.15) is 40.5 Å². The molecule has 0 bridgehead atoms. The lowest BCUT2D eigenvalue weighted by Gasteiger charge is -2.32. The second kappa shape index (κ2) is 10.2. The number of para-hydroxylation sites is 1. The summed E-state index contributed by atoms with van der Waals surface area (Å²) in [5.41, 5.74) is 3.19. The van der Waals surface area contributed by atoms with Crippen LogP contribution in [-0.4, -0.2) is 67.0 Å². The number of hydrogen-bond donors (Lipinski definition) is 2. The Labute approximate surface area is 178 Å². The van der Waals surface area contributed by atoms with E-state index in [1.54, 1.807) is 0 Å². The summed E-state index contributed by atoms with van der Waals surface area (Å²) in [6.07, 6.45) is 1.58. The number of nitrogens with one attached hydrogen (secondary N) is 2. The highest BCUT2D eigenvalue weighted by atomic mass is 16.2. The molecule has 1 aromatic heterocycles. The molecule has 160 valence electrons. The number of nitrogens with zero attached hydrogens (tertiary/aromatic N) is 3. The van der Waals surface area contributed by atoms with Crippen molar-refractivity contribution in [3.05, 3.63) is 59.4 Å². The number of likely N-dealkylation sites (tertiary alicyclic amines) is 1. The predicted molar refractivity (Wildman–Crippen MR) is 119 cm³/mol. The Balaban J connectivity index is 1.62. The van der Waals surface area contributed by atoms with Gasteiger partial charge in [0.15, 0.2) is 0 Å². The normalized spacial score (nSPS) is 14.6. The number of urea groups is 1. The number of likely N-dealkylation sites (N-methyl/N-ethyl adjacent to an activating group) is 1. The van der Waals surface area contributed by atoms with Crippen LogP contribution < -0.4 is 10.6 Å². The highest BCUT2D eigenvalue weighted by Gasteiger charge is 2.28. The molecule has 1 saturated heterocycles. The standard InChI is InChI=1S/C23H31N5O2/c1-17-9-10-20(22(29)24-13-16-27(2)3)21(25-17)18-11-14-28(15-12-18)23(30)26-19-7-5-4-6-8-19/h4-10,18H,11-16H2,1-3H3,(H,24,29)(H,26,30). The van der Waals surface area contributed by atoms with Gasteiger partial charge in [-0.05, 0) is 58.1 Å². The Hall–Kier alpha value is -2.93. The lowest BCUT2D eigenvalue weighted by atomic mass is 9.90. The summed E-state index contributed by atoms with van der Waals surface area (Å²) < 4.78 is 0. The first-order valence-electron chi connectivity index (χ1n) is 10.5. The van der Waals surface area contributed by atoms with Crippen molar-refractivity contribution in [2.24, 2.45) is 0 Å². The third-order valence-corrected chi connectivity index (χ3v) is 5.35. The number of rotatable bonds is 6. The van der Waals surface area contributed by atoms with Crippen molar-refractivity contribution in [2.45, 2.75) is 25.7 Å².